The van der Waals surface area contributed by atoms with Crippen molar-refractivity contribution in [3.8, 4) is 0 Å². The predicted molar refractivity (Wildman–Crippen MR) is 67.5 cm³/mol. The highest BCUT2D eigenvalue weighted by Gasteiger charge is 2.68. The van der Waals surface area contributed by atoms with Gasteiger partial charge in [0.2, 0.25) is 0 Å². The Balaban J connectivity index is 1.79. The molecule has 0 amide bonds. The first-order valence-electron chi connectivity index (χ1n) is 5.75. The second-order valence-electron chi connectivity index (χ2n) is 4.78. The quantitative estimate of drug-likeness (QED) is 0.789. The molecule has 0 aromatic carbocycles. The van der Waals surface area contributed by atoms with Crippen molar-refractivity contribution < 1.29 is 4.39 Å². The number of pyridine rings is 1. The molecular weight excluding hydrogens is 255 g/mol. The molecule has 1 fully saturated rings. The number of allylic oxidation sites excluding steroid dienone is 1. The van der Waals surface area contributed by atoms with Crippen LogP contribution in [0.4, 0.5) is 10.2 Å². The molecule has 0 aliphatic carbocycles. The van der Waals surface area contributed by atoms with E-state index >= 15 is 0 Å². The molecule has 1 atom stereocenters. The third-order valence-electron chi connectivity index (χ3n) is 3.75. The van der Waals surface area contributed by atoms with E-state index in [1.807, 2.05) is 6.07 Å². The summed E-state index contributed by atoms with van der Waals surface area (Å²) in [7, 11) is 0. The Bertz CT molecular complexity index is 639. The Morgan fingerprint density at radius 3 is 3.17 bits per heavy atom. The molecule has 92 valence electrons. The summed E-state index contributed by atoms with van der Waals surface area (Å²) in [5.74, 6) is 1.56. The highest BCUT2D eigenvalue weighted by atomic mass is 35.5. The van der Waals surface area contributed by atoms with E-state index in [9.17, 15) is 4.39 Å². The number of hydrogen-bond donors (Lipinski definition) is 1. The molecule has 4 nitrogen and oxygen atoms in total. The highest BCUT2D eigenvalue weighted by Crippen LogP contribution is 2.59. The van der Waals surface area contributed by atoms with Gasteiger partial charge in [-0.3, -0.25) is 0 Å². The lowest BCUT2D eigenvalue weighted by atomic mass is 9.92. The van der Waals surface area contributed by atoms with Crippen LogP contribution in [-0.2, 0) is 5.54 Å². The summed E-state index contributed by atoms with van der Waals surface area (Å²) in [6.07, 6.45) is 1.64. The number of aromatic nitrogens is 1. The van der Waals surface area contributed by atoms with Crippen LogP contribution in [0, 0.1) is 0 Å². The molecule has 1 saturated heterocycles. The molecule has 0 spiro atoms. The molecule has 1 unspecified atom stereocenters. The van der Waals surface area contributed by atoms with Gasteiger partial charge in [0, 0.05) is 11.8 Å². The van der Waals surface area contributed by atoms with E-state index in [1.165, 1.54) is 0 Å². The Labute approximate surface area is 108 Å². The van der Waals surface area contributed by atoms with Gasteiger partial charge in [-0.1, -0.05) is 11.6 Å². The lowest BCUT2D eigenvalue weighted by Gasteiger charge is -2.32. The van der Waals surface area contributed by atoms with Crippen LogP contribution in [0.1, 0.15) is 12.5 Å². The van der Waals surface area contributed by atoms with Gasteiger partial charge in [0.15, 0.2) is 0 Å². The van der Waals surface area contributed by atoms with Crippen molar-refractivity contribution in [3.63, 3.8) is 0 Å². The Morgan fingerprint density at radius 2 is 2.39 bits per heavy atom. The van der Waals surface area contributed by atoms with Gasteiger partial charge in [0.05, 0.1) is 23.8 Å². The molecule has 0 saturated carbocycles. The molecule has 0 radical (unpaired) electrons. The van der Waals surface area contributed by atoms with Crippen molar-refractivity contribution in [1.29, 1.82) is 0 Å². The zero-order valence-electron chi connectivity index (χ0n) is 9.67. The van der Waals surface area contributed by atoms with Crippen molar-refractivity contribution in [2.24, 2.45) is 4.99 Å². The van der Waals surface area contributed by atoms with Crippen molar-refractivity contribution in [1.82, 2.24) is 10.3 Å². The van der Waals surface area contributed by atoms with Gasteiger partial charge in [-0.25, -0.2) is 14.4 Å². The number of halogens is 2. The van der Waals surface area contributed by atoms with Crippen molar-refractivity contribution in [3.05, 3.63) is 34.4 Å². The Morgan fingerprint density at radius 1 is 1.56 bits per heavy atom. The van der Waals surface area contributed by atoms with Gasteiger partial charge < -0.3 is 10.2 Å². The summed E-state index contributed by atoms with van der Waals surface area (Å²) < 4.78 is 13.3. The van der Waals surface area contributed by atoms with Crippen molar-refractivity contribution in [2.75, 3.05) is 18.0 Å². The Kier molecular flexibility index (Phi) is 1.74. The molecule has 3 aliphatic rings. The van der Waals surface area contributed by atoms with Gasteiger partial charge in [0.1, 0.15) is 23.0 Å². The second-order valence-corrected chi connectivity index (χ2v) is 5.21. The number of rotatable bonds is 1. The topological polar surface area (TPSA) is 40.3 Å². The van der Waals surface area contributed by atoms with Crippen LogP contribution in [-0.4, -0.2) is 23.9 Å². The van der Waals surface area contributed by atoms with Gasteiger partial charge in [-0.2, -0.15) is 0 Å². The summed E-state index contributed by atoms with van der Waals surface area (Å²) in [5, 5.41) is 3.67. The molecule has 1 aromatic rings. The minimum Gasteiger partial charge on any atom is -0.365 e. The fourth-order valence-corrected chi connectivity index (χ4v) is 2.86. The average Bonchev–Trinajstić information content (AvgIpc) is 3.01. The summed E-state index contributed by atoms with van der Waals surface area (Å²) >= 11 is 5.98. The van der Waals surface area contributed by atoms with Crippen LogP contribution in [0.2, 0.25) is 5.02 Å². The summed E-state index contributed by atoms with van der Waals surface area (Å²) in [5.41, 5.74) is 1.31. The third-order valence-corrected chi connectivity index (χ3v) is 3.96. The van der Waals surface area contributed by atoms with Crippen molar-refractivity contribution >= 4 is 23.3 Å². The van der Waals surface area contributed by atoms with Gasteiger partial charge in [-0.05, 0) is 13.0 Å². The first-order chi connectivity index (χ1) is 8.63. The van der Waals surface area contributed by atoms with E-state index in [0.29, 0.717) is 10.7 Å². The maximum Gasteiger partial charge on any atom is 0.146 e. The van der Waals surface area contributed by atoms with Crippen LogP contribution in [0.25, 0.3) is 0 Å². The maximum atomic E-state index is 13.3. The first-order valence-corrected chi connectivity index (χ1v) is 6.13. The fourth-order valence-electron chi connectivity index (χ4n) is 2.70. The molecule has 3 aliphatic heterocycles. The monoisotopic (exact) mass is 264 g/mol. The van der Waals surface area contributed by atoms with Crippen LogP contribution < -0.4 is 10.2 Å². The zero-order valence-corrected chi connectivity index (χ0v) is 10.4. The van der Waals surface area contributed by atoms with E-state index in [2.05, 4.69) is 20.2 Å². The first kappa shape index (κ1) is 10.3. The van der Waals surface area contributed by atoms with E-state index in [-0.39, 0.29) is 17.9 Å². The third kappa shape index (κ3) is 1.06. The average molecular weight is 265 g/mol. The van der Waals surface area contributed by atoms with Crippen LogP contribution in [0.15, 0.2) is 28.8 Å². The highest BCUT2D eigenvalue weighted by molar-refractivity contribution is 6.30. The summed E-state index contributed by atoms with van der Waals surface area (Å²) in [6.45, 7) is 2.75. The Hall–Kier alpha value is -1.62. The summed E-state index contributed by atoms with van der Waals surface area (Å²) in [6, 6.07) is 1.92. The molecule has 1 N–H and O–H groups in total. The van der Waals surface area contributed by atoms with Crippen LogP contribution >= 0.6 is 11.6 Å². The van der Waals surface area contributed by atoms with Gasteiger partial charge in [0.25, 0.3) is 0 Å². The molecule has 4 rings (SSSR count). The van der Waals surface area contributed by atoms with Crippen molar-refractivity contribution in [2.45, 2.75) is 12.5 Å². The fraction of sp³-hybridized carbons (Fsp3) is 0.333. The largest absolute Gasteiger partial charge is 0.365 e. The van der Waals surface area contributed by atoms with Crippen LogP contribution in [0.3, 0.4) is 0 Å². The zero-order chi connectivity index (χ0) is 12.5. The van der Waals surface area contributed by atoms with E-state index in [4.69, 9.17) is 11.6 Å². The number of amidine groups is 1. The summed E-state index contributed by atoms with van der Waals surface area (Å²) in [4.78, 5) is 10.8. The van der Waals surface area contributed by atoms with E-state index in [0.717, 1.165) is 23.8 Å². The predicted octanol–water partition coefficient (Wildman–Crippen LogP) is 1.97. The molecular formula is C12H10ClFN4. The lowest BCUT2D eigenvalue weighted by molar-refractivity contribution is 0.576. The molecule has 1 aromatic heterocycles. The normalized spacial score (nSPS) is 27.9. The number of nitrogens with zero attached hydrogens (tertiary/aromatic N) is 3. The van der Waals surface area contributed by atoms with Gasteiger partial charge in [-0.15, -0.1) is 0 Å². The molecule has 6 heteroatoms. The number of anilines is 1. The number of fused-ring (bicyclic) bond motifs is 4. The maximum absolute atomic E-state index is 13.3. The number of aliphatic imine (C=N–C) groups is 1. The van der Waals surface area contributed by atoms with Crippen LogP contribution in [0.5, 0.6) is 0 Å². The standard InChI is InChI=1S/C12H10ClFN4/c1-6-9(14)4-16-11(17-6)12-5-18(12)10-8(12)2-7(13)3-15-10/h2-3H,4-5H2,1H3,(H,16,17). The molecule has 4 heterocycles. The molecule has 0 bridgehead atoms. The minimum atomic E-state index is -0.227. The van der Waals surface area contributed by atoms with E-state index in [1.54, 1.807) is 13.1 Å². The smallest absolute Gasteiger partial charge is 0.146 e. The van der Waals surface area contributed by atoms with Gasteiger partial charge >= 0.3 is 0 Å². The lowest BCUT2D eigenvalue weighted by Crippen LogP contribution is -2.45. The number of hydrogen-bond acceptors (Lipinski definition) is 4. The second kappa shape index (κ2) is 3.03. The number of nitrogens with one attached hydrogen (secondary N) is 1. The van der Waals surface area contributed by atoms with E-state index < -0.39 is 0 Å². The minimum absolute atomic E-state index is 0.203. The SMILES string of the molecule is CC1=C(F)CNC(C23CN2c2ncc(Cl)cc23)=N1. The molecule has 18 heavy (non-hydrogen) atoms.